The molecule has 2 N–H and O–H groups in total. The molecule has 1 aliphatic heterocycles. The van der Waals surface area contributed by atoms with E-state index in [1.54, 1.807) is 25.3 Å². The van der Waals surface area contributed by atoms with E-state index >= 15 is 0 Å². The number of ether oxygens (including phenoxy) is 1. The van der Waals surface area contributed by atoms with Crippen LogP contribution in [0, 0.1) is 19.8 Å². The zero-order valence-corrected chi connectivity index (χ0v) is 15.5. The lowest BCUT2D eigenvalue weighted by molar-refractivity contribution is -0.137. The number of carbonyl (C=O) groups is 2. The molecule has 1 aliphatic rings. The van der Waals surface area contributed by atoms with Crippen molar-refractivity contribution in [3.63, 3.8) is 0 Å². The van der Waals surface area contributed by atoms with Crippen molar-refractivity contribution in [2.45, 2.75) is 33.2 Å². The van der Waals surface area contributed by atoms with Crippen LogP contribution in [0.1, 0.15) is 29.7 Å². The molecule has 7 nitrogen and oxygen atoms in total. The molecule has 0 aromatic carbocycles. The van der Waals surface area contributed by atoms with Crippen LogP contribution < -0.4 is 10.5 Å². The zero-order valence-electron chi connectivity index (χ0n) is 15.5. The Balaban J connectivity index is 2.04. The molecule has 0 aliphatic carbocycles. The van der Waals surface area contributed by atoms with Crippen molar-refractivity contribution in [3.8, 4) is 5.75 Å². The summed E-state index contributed by atoms with van der Waals surface area (Å²) >= 11 is 0. The average molecular weight is 348 g/mol. The Bertz CT molecular complexity index is 647. The lowest BCUT2D eigenvalue weighted by Crippen LogP contribution is -2.46. The van der Waals surface area contributed by atoms with Gasteiger partial charge in [-0.1, -0.05) is 0 Å². The molecule has 0 unspecified atom stereocenters. The van der Waals surface area contributed by atoms with Crippen LogP contribution in [-0.2, 0) is 16.1 Å². The second-order valence-electron chi connectivity index (χ2n) is 6.78. The summed E-state index contributed by atoms with van der Waals surface area (Å²) in [6.45, 7) is 5.95. The van der Waals surface area contributed by atoms with Crippen molar-refractivity contribution in [2.75, 3.05) is 33.8 Å². The number of carbonyl (C=O) groups excluding carboxylic acids is 2. The van der Waals surface area contributed by atoms with Crippen molar-refractivity contribution < 1.29 is 14.3 Å². The van der Waals surface area contributed by atoms with Crippen LogP contribution in [0.2, 0.25) is 0 Å². The van der Waals surface area contributed by atoms with Crippen LogP contribution in [0.5, 0.6) is 5.75 Å². The van der Waals surface area contributed by atoms with E-state index in [-0.39, 0.29) is 24.3 Å². The van der Waals surface area contributed by atoms with E-state index in [9.17, 15) is 9.59 Å². The molecule has 138 valence electrons. The van der Waals surface area contributed by atoms with Gasteiger partial charge in [-0.2, -0.15) is 0 Å². The summed E-state index contributed by atoms with van der Waals surface area (Å²) in [5.41, 5.74) is 8.04. The van der Waals surface area contributed by atoms with Gasteiger partial charge in [-0.05, 0) is 33.2 Å². The molecule has 0 bridgehead atoms. The highest BCUT2D eigenvalue weighted by molar-refractivity contribution is 5.79. The van der Waals surface area contributed by atoms with E-state index in [0.717, 1.165) is 42.0 Å². The van der Waals surface area contributed by atoms with Crippen LogP contribution in [0.4, 0.5) is 0 Å². The second-order valence-corrected chi connectivity index (χ2v) is 6.78. The number of hydrogen-bond donors (Lipinski definition) is 1. The van der Waals surface area contributed by atoms with Gasteiger partial charge in [-0.3, -0.25) is 19.5 Å². The van der Waals surface area contributed by atoms with Crippen molar-refractivity contribution in [1.82, 2.24) is 14.8 Å². The second kappa shape index (κ2) is 8.29. The van der Waals surface area contributed by atoms with Gasteiger partial charge in [0.15, 0.2) is 0 Å². The summed E-state index contributed by atoms with van der Waals surface area (Å²) in [5, 5.41) is 0. The molecular weight excluding hydrogens is 320 g/mol. The molecule has 0 saturated carbocycles. The molecular formula is C18H28N4O3. The van der Waals surface area contributed by atoms with E-state index in [4.69, 9.17) is 10.5 Å². The predicted octanol–water partition coefficient (Wildman–Crippen LogP) is 0.863. The van der Waals surface area contributed by atoms with Crippen molar-refractivity contribution >= 4 is 11.8 Å². The summed E-state index contributed by atoms with van der Waals surface area (Å²) in [4.78, 5) is 32.0. The molecule has 1 aromatic heterocycles. The number of amides is 2. The Morgan fingerprint density at radius 3 is 2.80 bits per heavy atom. The number of aryl methyl sites for hydroxylation is 1. The van der Waals surface area contributed by atoms with Gasteiger partial charge >= 0.3 is 0 Å². The van der Waals surface area contributed by atoms with Crippen molar-refractivity contribution in [2.24, 2.45) is 11.7 Å². The van der Waals surface area contributed by atoms with Gasteiger partial charge < -0.3 is 15.4 Å². The van der Waals surface area contributed by atoms with Crippen LogP contribution in [-0.4, -0.2) is 60.4 Å². The Kier molecular flexibility index (Phi) is 6.36. The summed E-state index contributed by atoms with van der Waals surface area (Å²) in [5.74, 6) is 0.435. The SMILES string of the molecule is COc1c(C)cnc(CN(C)C(=O)[C@@H]2CCCN(CC(N)=O)C2)c1C. The zero-order chi connectivity index (χ0) is 18.6. The Morgan fingerprint density at radius 2 is 2.16 bits per heavy atom. The molecule has 0 radical (unpaired) electrons. The van der Waals surface area contributed by atoms with Crippen LogP contribution in [0.15, 0.2) is 6.20 Å². The molecule has 2 heterocycles. The number of primary amides is 1. The number of methoxy groups -OCH3 is 1. The van der Waals surface area contributed by atoms with Gasteiger partial charge in [0.1, 0.15) is 5.75 Å². The Labute approximate surface area is 149 Å². The largest absolute Gasteiger partial charge is 0.496 e. The summed E-state index contributed by atoms with van der Waals surface area (Å²) < 4.78 is 5.43. The Morgan fingerprint density at radius 1 is 1.44 bits per heavy atom. The number of hydrogen-bond acceptors (Lipinski definition) is 5. The Hall–Kier alpha value is -2.15. The first kappa shape index (κ1) is 19.2. The standard InChI is InChI=1S/C18H28N4O3/c1-12-8-20-15(13(2)17(12)25-4)10-21(3)18(24)14-6-5-7-22(9-14)11-16(19)23/h8,14H,5-7,9-11H2,1-4H3,(H2,19,23)/t14-/m1/s1. The third kappa shape index (κ3) is 4.69. The fourth-order valence-electron chi connectivity index (χ4n) is 3.47. The normalized spacial score (nSPS) is 18.0. The van der Waals surface area contributed by atoms with Gasteiger partial charge in [0.2, 0.25) is 11.8 Å². The molecule has 7 heteroatoms. The first-order chi connectivity index (χ1) is 11.8. The quantitative estimate of drug-likeness (QED) is 0.824. The number of nitrogens with two attached hydrogens (primary N) is 1. The predicted molar refractivity (Wildman–Crippen MR) is 95.1 cm³/mol. The molecule has 2 amide bonds. The van der Waals surface area contributed by atoms with Gasteiger partial charge in [-0.15, -0.1) is 0 Å². The number of nitrogens with zero attached hydrogens (tertiary/aromatic N) is 3. The maximum absolute atomic E-state index is 12.8. The van der Waals surface area contributed by atoms with Gasteiger partial charge in [0, 0.05) is 30.9 Å². The monoisotopic (exact) mass is 348 g/mol. The third-order valence-corrected chi connectivity index (χ3v) is 4.75. The molecule has 2 rings (SSSR count). The smallest absolute Gasteiger partial charge is 0.231 e. The number of piperidine rings is 1. The molecule has 1 saturated heterocycles. The minimum atomic E-state index is -0.354. The van der Waals surface area contributed by atoms with Crippen LogP contribution >= 0.6 is 0 Å². The maximum atomic E-state index is 12.8. The van der Waals surface area contributed by atoms with Gasteiger partial charge in [-0.25, -0.2) is 0 Å². The number of pyridine rings is 1. The first-order valence-corrected chi connectivity index (χ1v) is 8.58. The van der Waals surface area contributed by atoms with Crippen molar-refractivity contribution in [1.29, 1.82) is 0 Å². The molecule has 1 aromatic rings. The summed E-state index contributed by atoms with van der Waals surface area (Å²) in [6, 6.07) is 0. The highest BCUT2D eigenvalue weighted by atomic mass is 16.5. The van der Waals surface area contributed by atoms with E-state index in [2.05, 4.69) is 4.98 Å². The van der Waals surface area contributed by atoms with Crippen LogP contribution in [0.3, 0.4) is 0 Å². The summed E-state index contributed by atoms with van der Waals surface area (Å²) in [7, 11) is 3.44. The highest BCUT2D eigenvalue weighted by Crippen LogP contribution is 2.25. The molecule has 0 spiro atoms. The number of rotatable bonds is 6. The number of aromatic nitrogens is 1. The molecule has 1 atom stereocenters. The third-order valence-electron chi connectivity index (χ3n) is 4.75. The minimum absolute atomic E-state index is 0.0786. The molecule has 1 fully saturated rings. The van der Waals surface area contributed by atoms with E-state index < -0.39 is 0 Å². The lowest BCUT2D eigenvalue weighted by atomic mass is 9.96. The lowest BCUT2D eigenvalue weighted by Gasteiger charge is -2.33. The van der Waals surface area contributed by atoms with E-state index in [1.165, 1.54) is 0 Å². The average Bonchev–Trinajstić information content (AvgIpc) is 2.57. The minimum Gasteiger partial charge on any atom is -0.496 e. The van der Waals surface area contributed by atoms with Gasteiger partial charge in [0.25, 0.3) is 0 Å². The van der Waals surface area contributed by atoms with Gasteiger partial charge in [0.05, 0.1) is 31.8 Å². The number of likely N-dealkylation sites (tertiary alicyclic amines) is 1. The van der Waals surface area contributed by atoms with Crippen molar-refractivity contribution in [3.05, 3.63) is 23.0 Å². The maximum Gasteiger partial charge on any atom is 0.231 e. The van der Waals surface area contributed by atoms with Crippen LogP contribution in [0.25, 0.3) is 0 Å². The fraction of sp³-hybridized carbons (Fsp3) is 0.611. The molecule has 25 heavy (non-hydrogen) atoms. The highest BCUT2D eigenvalue weighted by Gasteiger charge is 2.29. The van der Waals surface area contributed by atoms with E-state index in [0.29, 0.717) is 13.1 Å². The van der Waals surface area contributed by atoms with E-state index in [1.807, 2.05) is 18.7 Å². The summed E-state index contributed by atoms with van der Waals surface area (Å²) in [6.07, 6.45) is 3.50. The fourth-order valence-corrected chi connectivity index (χ4v) is 3.47. The topological polar surface area (TPSA) is 88.8 Å². The first-order valence-electron chi connectivity index (χ1n) is 8.58.